The van der Waals surface area contributed by atoms with Crippen molar-refractivity contribution in [3.05, 3.63) is 65.2 Å². The standard InChI is InChI=1S/C17H19ClN2S/c1-13(2)20(12-14-8-10-15(18)11-9-14)17(21)19-16-6-4-3-5-7-16/h3-11,13H,12H2,1-2H3,(H,19,21). The summed E-state index contributed by atoms with van der Waals surface area (Å²) in [6.07, 6.45) is 0. The van der Waals surface area contributed by atoms with Crippen LogP contribution in [0.5, 0.6) is 0 Å². The van der Waals surface area contributed by atoms with Crippen molar-refractivity contribution < 1.29 is 0 Å². The van der Waals surface area contributed by atoms with Crippen LogP contribution in [-0.2, 0) is 6.54 Å². The molecule has 1 N–H and O–H groups in total. The molecule has 0 heterocycles. The van der Waals surface area contributed by atoms with Gasteiger partial charge in [0.1, 0.15) is 0 Å². The second-order valence-corrected chi connectivity index (χ2v) is 5.97. The van der Waals surface area contributed by atoms with Gasteiger partial charge in [-0.15, -0.1) is 0 Å². The van der Waals surface area contributed by atoms with Gasteiger partial charge in [0.15, 0.2) is 5.11 Å². The predicted molar refractivity (Wildman–Crippen MR) is 94.8 cm³/mol. The molecule has 0 aliphatic heterocycles. The Kier molecular flexibility index (Phi) is 5.59. The fourth-order valence-electron chi connectivity index (χ4n) is 1.99. The van der Waals surface area contributed by atoms with Crippen LogP contribution >= 0.6 is 23.8 Å². The zero-order valence-corrected chi connectivity index (χ0v) is 13.8. The molecule has 0 radical (unpaired) electrons. The zero-order chi connectivity index (χ0) is 15.2. The molecule has 0 unspecified atom stereocenters. The Morgan fingerprint density at radius 3 is 2.29 bits per heavy atom. The van der Waals surface area contributed by atoms with Crippen molar-refractivity contribution in [2.24, 2.45) is 0 Å². The maximum Gasteiger partial charge on any atom is 0.173 e. The summed E-state index contributed by atoms with van der Waals surface area (Å²) in [6, 6.07) is 18.2. The van der Waals surface area contributed by atoms with Crippen molar-refractivity contribution in [2.75, 3.05) is 5.32 Å². The van der Waals surface area contributed by atoms with Crippen molar-refractivity contribution >= 4 is 34.6 Å². The molecule has 110 valence electrons. The van der Waals surface area contributed by atoms with E-state index in [1.807, 2.05) is 54.6 Å². The monoisotopic (exact) mass is 318 g/mol. The third-order valence-electron chi connectivity index (χ3n) is 3.18. The van der Waals surface area contributed by atoms with E-state index in [1.54, 1.807) is 0 Å². The van der Waals surface area contributed by atoms with Gasteiger partial charge in [-0.2, -0.15) is 0 Å². The number of benzene rings is 2. The lowest BCUT2D eigenvalue weighted by molar-refractivity contribution is 0.348. The number of rotatable bonds is 4. The van der Waals surface area contributed by atoms with Crippen LogP contribution in [0, 0.1) is 0 Å². The Morgan fingerprint density at radius 1 is 1.10 bits per heavy atom. The van der Waals surface area contributed by atoms with Gasteiger partial charge in [-0.05, 0) is 55.9 Å². The van der Waals surface area contributed by atoms with Gasteiger partial charge >= 0.3 is 0 Å². The molecule has 0 bridgehead atoms. The molecule has 0 fully saturated rings. The number of nitrogens with one attached hydrogen (secondary N) is 1. The molecule has 21 heavy (non-hydrogen) atoms. The quantitative estimate of drug-likeness (QED) is 0.803. The number of thiocarbonyl (C=S) groups is 1. The summed E-state index contributed by atoms with van der Waals surface area (Å²) in [7, 11) is 0. The van der Waals surface area contributed by atoms with Crippen LogP contribution in [0.2, 0.25) is 5.02 Å². The molecule has 0 saturated heterocycles. The summed E-state index contributed by atoms with van der Waals surface area (Å²) < 4.78 is 0. The third-order valence-corrected chi connectivity index (χ3v) is 3.76. The fraction of sp³-hybridized carbons (Fsp3) is 0.235. The molecule has 0 spiro atoms. The molecule has 0 amide bonds. The van der Waals surface area contributed by atoms with Gasteiger partial charge in [0.25, 0.3) is 0 Å². The SMILES string of the molecule is CC(C)N(Cc1ccc(Cl)cc1)C(=S)Nc1ccccc1. The first-order valence-electron chi connectivity index (χ1n) is 6.93. The molecular weight excluding hydrogens is 300 g/mol. The van der Waals surface area contributed by atoms with Gasteiger partial charge < -0.3 is 10.2 Å². The van der Waals surface area contributed by atoms with Gasteiger partial charge in [-0.1, -0.05) is 41.9 Å². The number of nitrogens with zero attached hydrogens (tertiary/aromatic N) is 1. The van der Waals surface area contributed by atoms with Crippen LogP contribution in [0.1, 0.15) is 19.4 Å². The van der Waals surface area contributed by atoms with E-state index < -0.39 is 0 Å². The van der Waals surface area contributed by atoms with Crippen LogP contribution in [-0.4, -0.2) is 16.1 Å². The highest BCUT2D eigenvalue weighted by Gasteiger charge is 2.14. The van der Waals surface area contributed by atoms with Gasteiger partial charge in [0.2, 0.25) is 0 Å². The minimum absolute atomic E-state index is 0.310. The number of para-hydroxylation sites is 1. The summed E-state index contributed by atoms with van der Waals surface area (Å²) in [5.74, 6) is 0. The van der Waals surface area contributed by atoms with Gasteiger partial charge in [0.05, 0.1) is 0 Å². The van der Waals surface area contributed by atoms with Crippen molar-refractivity contribution in [1.82, 2.24) is 4.90 Å². The minimum Gasteiger partial charge on any atom is -0.342 e. The molecular formula is C17H19ClN2S. The van der Waals surface area contributed by atoms with E-state index in [1.165, 1.54) is 5.56 Å². The molecule has 2 rings (SSSR count). The lowest BCUT2D eigenvalue weighted by Crippen LogP contribution is -2.39. The summed E-state index contributed by atoms with van der Waals surface area (Å²) in [4.78, 5) is 2.16. The summed E-state index contributed by atoms with van der Waals surface area (Å²) in [5, 5.41) is 4.76. The second kappa shape index (κ2) is 7.43. The average molecular weight is 319 g/mol. The summed E-state index contributed by atoms with van der Waals surface area (Å²) >= 11 is 11.5. The van der Waals surface area contributed by atoms with Crippen LogP contribution in [0.4, 0.5) is 5.69 Å². The molecule has 0 aliphatic carbocycles. The third kappa shape index (κ3) is 4.73. The number of hydrogen-bond donors (Lipinski definition) is 1. The molecule has 0 aromatic heterocycles. The highest BCUT2D eigenvalue weighted by Crippen LogP contribution is 2.15. The number of anilines is 1. The fourth-order valence-corrected chi connectivity index (χ4v) is 2.51. The predicted octanol–water partition coefficient (Wildman–Crippen LogP) is 4.95. The zero-order valence-electron chi connectivity index (χ0n) is 12.2. The van der Waals surface area contributed by atoms with Crippen LogP contribution < -0.4 is 5.32 Å². The maximum atomic E-state index is 5.93. The smallest absolute Gasteiger partial charge is 0.173 e. The lowest BCUT2D eigenvalue weighted by Gasteiger charge is -2.30. The van der Waals surface area contributed by atoms with E-state index in [-0.39, 0.29) is 0 Å². The van der Waals surface area contributed by atoms with E-state index in [9.17, 15) is 0 Å². The van der Waals surface area contributed by atoms with E-state index in [2.05, 4.69) is 24.1 Å². The first-order valence-corrected chi connectivity index (χ1v) is 7.72. The molecule has 0 saturated carbocycles. The van der Waals surface area contributed by atoms with E-state index in [4.69, 9.17) is 23.8 Å². The molecule has 2 nitrogen and oxygen atoms in total. The van der Waals surface area contributed by atoms with Crippen molar-refractivity contribution in [1.29, 1.82) is 0 Å². The van der Waals surface area contributed by atoms with Crippen LogP contribution in [0.25, 0.3) is 0 Å². The van der Waals surface area contributed by atoms with Gasteiger partial charge in [0, 0.05) is 23.3 Å². The molecule has 2 aromatic rings. The highest BCUT2D eigenvalue weighted by atomic mass is 35.5. The number of halogens is 1. The minimum atomic E-state index is 0.310. The average Bonchev–Trinajstić information content (AvgIpc) is 2.47. The lowest BCUT2D eigenvalue weighted by atomic mass is 10.2. The first-order chi connectivity index (χ1) is 10.1. The Balaban J connectivity index is 2.07. The van der Waals surface area contributed by atoms with Gasteiger partial charge in [-0.25, -0.2) is 0 Å². The van der Waals surface area contributed by atoms with Crippen LogP contribution in [0.15, 0.2) is 54.6 Å². The van der Waals surface area contributed by atoms with E-state index in [0.29, 0.717) is 6.04 Å². The normalized spacial score (nSPS) is 10.5. The number of hydrogen-bond acceptors (Lipinski definition) is 1. The second-order valence-electron chi connectivity index (χ2n) is 5.14. The Morgan fingerprint density at radius 2 is 1.71 bits per heavy atom. The largest absolute Gasteiger partial charge is 0.342 e. The Hall–Kier alpha value is -1.58. The first kappa shape index (κ1) is 15.8. The summed E-state index contributed by atoms with van der Waals surface area (Å²) in [6.45, 7) is 5.03. The van der Waals surface area contributed by atoms with E-state index in [0.717, 1.165) is 22.4 Å². The van der Waals surface area contributed by atoms with Crippen molar-refractivity contribution in [3.8, 4) is 0 Å². The molecule has 2 aromatic carbocycles. The maximum absolute atomic E-state index is 5.93. The summed E-state index contributed by atoms with van der Waals surface area (Å²) in [5.41, 5.74) is 2.19. The Labute approximate surface area is 136 Å². The Bertz CT molecular complexity index is 581. The topological polar surface area (TPSA) is 15.3 Å². The van der Waals surface area contributed by atoms with Crippen molar-refractivity contribution in [2.45, 2.75) is 26.4 Å². The molecule has 4 heteroatoms. The van der Waals surface area contributed by atoms with Crippen LogP contribution in [0.3, 0.4) is 0 Å². The van der Waals surface area contributed by atoms with Crippen molar-refractivity contribution in [3.63, 3.8) is 0 Å². The molecule has 0 atom stereocenters. The molecule has 0 aliphatic rings. The van der Waals surface area contributed by atoms with E-state index >= 15 is 0 Å². The highest BCUT2D eigenvalue weighted by molar-refractivity contribution is 7.80. The van der Waals surface area contributed by atoms with Gasteiger partial charge in [-0.3, -0.25) is 0 Å².